The van der Waals surface area contributed by atoms with Crippen LogP contribution < -0.4 is 4.74 Å². The summed E-state index contributed by atoms with van der Waals surface area (Å²) in [4.78, 5) is 14.6. The lowest BCUT2D eigenvalue weighted by molar-refractivity contribution is 0.111. The molecule has 1 aromatic rings. The Morgan fingerprint density at radius 2 is 2.38 bits per heavy atom. The van der Waals surface area contributed by atoms with Crippen LogP contribution in [-0.4, -0.2) is 16.9 Å². The lowest BCUT2D eigenvalue weighted by Gasteiger charge is -2.12. The third kappa shape index (κ3) is 1.69. The minimum atomic E-state index is -0.0773. The number of pyridine rings is 1. The fourth-order valence-electron chi connectivity index (χ4n) is 1.09. The molecule has 1 saturated carbocycles. The van der Waals surface area contributed by atoms with Crippen molar-refractivity contribution < 1.29 is 9.53 Å². The Morgan fingerprint density at radius 1 is 1.62 bits per heavy atom. The van der Waals surface area contributed by atoms with Crippen molar-refractivity contribution in [3.63, 3.8) is 0 Å². The lowest BCUT2D eigenvalue weighted by Crippen LogP contribution is -2.14. The average molecular weight is 177 g/mol. The molecule has 1 fully saturated rings. The highest BCUT2D eigenvalue weighted by atomic mass is 16.5. The molecular formula is C10H11NO2. The number of aldehydes is 1. The Labute approximate surface area is 76.7 Å². The number of nitrogens with zero attached hydrogens (tertiary/aromatic N) is 1. The van der Waals surface area contributed by atoms with Gasteiger partial charge in [0.25, 0.3) is 0 Å². The van der Waals surface area contributed by atoms with Crippen LogP contribution in [0.4, 0.5) is 0 Å². The molecule has 2 rings (SSSR count). The van der Waals surface area contributed by atoms with Crippen LogP contribution in [0, 0.1) is 0 Å². The zero-order chi connectivity index (χ0) is 9.31. The average Bonchev–Trinajstić information content (AvgIpc) is 2.84. The zero-order valence-electron chi connectivity index (χ0n) is 7.49. The van der Waals surface area contributed by atoms with Gasteiger partial charge in [-0.05, 0) is 31.9 Å². The molecule has 0 N–H and O–H groups in total. The van der Waals surface area contributed by atoms with E-state index in [1.165, 1.54) is 0 Å². The van der Waals surface area contributed by atoms with Crippen LogP contribution in [0.3, 0.4) is 0 Å². The van der Waals surface area contributed by atoms with Gasteiger partial charge in [-0.2, -0.15) is 0 Å². The van der Waals surface area contributed by atoms with Gasteiger partial charge in [0.2, 0.25) is 5.88 Å². The third-order valence-electron chi connectivity index (χ3n) is 2.22. The summed E-state index contributed by atoms with van der Waals surface area (Å²) in [6.07, 6.45) is 4.49. The van der Waals surface area contributed by atoms with Crippen molar-refractivity contribution >= 4 is 6.29 Å². The van der Waals surface area contributed by atoms with Crippen LogP contribution in [0.5, 0.6) is 5.88 Å². The van der Waals surface area contributed by atoms with Gasteiger partial charge in [-0.3, -0.25) is 4.79 Å². The van der Waals surface area contributed by atoms with E-state index in [1.807, 2.05) is 6.92 Å². The molecule has 1 heterocycles. The molecule has 0 aromatic carbocycles. The quantitative estimate of drug-likeness (QED) is 0.661. The van der Waals surface area contributed by atoms with E-state index in [1.54, 1.807) is 18.3 Å². The molecule has 0 radical (unpaired) electrons. The van der Waals surface area contributed by atoms with Crippen molar-refractivity contribution in [2.24, 2.45) is 0 Å². The van der Waals surface area contributed by atoms with Crippen molar-refractivity contribution in [2.75, 3.05) is 0 Å². The van der Waals surface area contributed by atoms with E-state index in [0.29, 0.717) is 11.4 Å². The van der Waals surface area contributed by atoms with Gasteiger partial charge in [-0.25, -0.2) is 4.98 Å². The van der Waals surface area contributed by atoms with Crippen LogP contribution in [0.25, 0.3) is 0 Å². The Hall–Kier alpha value is -1.38. The first-order chi connectivity index (χ1) is 6.23. The molecule has 68 valence electrons. The highest BCUT2D eigenvalue weighted by molar-refractivity contribution is 5.77. The summed E-state index contributed by atoms with van der Waals surface area (Å²) < 4.78 is 5.59. The second-order valence-corrected chi connectivity index (χ2v) is 3.57. The predicted octanol–water partition coefficient (Wildman–Crippen LogP) is 1.83. The first kappa shape index (κ1) is 8.23. The molecule has 0 spiro atoms. The smallest absolute Gasteiger partial charge is 0.224 e. The molecule has 0 saturated heterocycles. The number of aromatic nitrogens is 1. The van der Waals surface area contributed by atoms with Gasteiger partial charge in [-0.1, -0.05) is 0 Å². The fraction of sp³-hybridized carbons (Fsp3) is 0.400. The number of ether oxygens (including phenoxy) is 1. The van der Waals surface area contributed by atoms with E-state index in [4.69, 9.17) is 4.74 Å². The highest BCUT2D eigenvalue weighted by Gasteiger charge is 2.40. The first-order valence-corrected chi connectivity index (χ1v) is 4.33. The van der Waals surface area contributed by atoms with Gasteiger partial charge in [0.1, 0.15) is 5.60 Å². The number of carbonyl (C=O) groups is 1. The minimum absolute atomic E-state index is 0.0773. The topological polar surface area (TPSA) is 39.2 Å². The highest BCUT2D eigenvalue weighted by Crippen LogP contribution is 2.39. The Kier molecular flexibility index (Phi) is 1.79. The molecular weight excluding hydrogens is 166 g/mol. The van der Waals surface area contributed by atoms with Crippen LogP contribution in [0.15, 0.2) is 18.3 Å². The first-order valence-electron chi connectivity index (χ1n) is 4.33. The van der Waals surface area contributed by atoms with Crippen LogP contribution in [0.2, 0.25) is 0 Å². The van der Waals surface area contributed by atoms with E-state index < -0.39 is 0 Å². The monoisotopic (exact) mass is 177 g/mol. The van der Waals surface area contributed by atoms with Crippen molar-refractivity contribution in [3.05, 3.63) is 23.9 Å². The number of rotatable bonds is 3. The van der Waals surface area contributed by atoms with Crippen molar-refractivity contribution in [1.29, 1.82) is 0 Å². The van der Waals surface area contributed by atoms with E-state index in [-0.39, 0.29) is 5.60 Å². The molecule has 0 aliphatic heterocycles. The van der Waals surface area contributed by atoms with Gasteiger partial charge >= 0.3 is 0 Å². The van der Waals surface area contributed by atoms with Gasteiger partial charge < -0.3 is 4.74 Å². The number of hydrogen-bond donors (Lipinski definition) is 0. The maximum atomic E-state index is 10.6. The van der Waals surface area contributed by atoms with Gasteiger partial charge in [0.15, 0.2) is 6.29 Å². The lowest BCUT2D eigenvalue weighted by atomic mass is 10.3. The molecule has 0 amide bonds. The normalized spacial score (nSPS) is 17.9. The third-order valence-corrected chi connectivity index (χ3v) is 2.22. The van der Waals surface area contributed by atoms with Crippen molar-refractivity contribution in [3.8, 4) is 5.88 Å². The maximum absolute atomic E-state index is 10.6. The summed E-state index contributed by atoms with van der Waals surface area (Å²) in [5, 5.41) is 0. The Bertz CT molecular complexity index is 331. The van der Waals surface area contributed by atoms with Crippen molar-refractivity contribution in [2.45, 2.75) is 25.4 Å². The second-order valence-electron chi connectivity index (χ2n) is 3.57. The summed E-state index contributed by atoms with van der Waals surface area (Å²) in [7, 11) is 0. The molecule has 3 heteroatoms. The number of hydrogen-bond acceptors (Lipinski definition) is 3. The van der Waals surface area contributed by atoms with Gasteiger partial charge in [0, 0.05) is 6.20 Å². The molecule has 13 heavy (non-hydrogen) atoms. The Morgan fingerprint density at radius 3 is 3.00 bits per heavy atom. The maximum Gasteiger partial charge on any atom is 0.224 e. The van der Waals surface area contributed by atoms with Crippen LogP contribution >= 0.6 is 0 Å². The largest absolute Gasteiger partial charge is 0.471 e. The summed E-state index contributed by atoms with van der Waals surface area (Å²) in [5.74, 6) is 0.456. The van der Waals surface area contributed by atoms with Crippen LogP contribution in [0.1, 0.15) is 30.1 Å². The molecule has 1 aliphatic carbocycles. The van der Waals surface area contributed by atoms with Crippen LogP contribution in [-0.2, 0) is 0 Å². The molecule has 1 aliphatic rings. The summed E-state index contributed by atoms with van der Waals surface area (Å²) in [6, 6.07) is 3.44. The molecule has 0 bridgehead atoms. The summed E-state index contributed by atoms with van der Waals surface area (Å²) in [6.45, 7) is 2.02. The SMILES string of the molecule is CC1(Oc2ncccc2C=O)CC1. The molecule has 3 nitrogen and oxygen atoms in total. The fourth-order valence-corrected chi connectivity index (χ4v) is 1.09. The van der Waals surface area contributed by atoms with E-state index in [0.717, 1.165) is 19.1 Å². The zero-order valence-corrected chi connectivity index (χ0v) is 7.49. The predicted molar refractivity (Wildman–Crippen MR) is 47.9 cm³/mol. The van der Waals surface area contributed by atoms with Gasteiger partial charge in [-0.15, -0.1) is 0 Å². The van der Waals surface area contributed by atoms with E-state index >= 15 is 0 Å². The second kappa shape index (κ2) is 2.83. The summed E-state index contributed by atoms with van der Waals surface area (Å²) in [5.41, 5.74) is 0.446. The molecule has 0 atom stereocenters. The Balaban J connectivity index is 2.23. The molecule has 1 aromatic heterocycles. The standard InChI is InChI=1S/C10H11NO2/c1-10(4-5-10)13-9-8(7-12)3-2-6-11-9/h2-3,6-7H,4-5H2,1H3. The summed E-state index contributed by atoms with van der Waals surface area (Å²) >= 11 is 0. The van der Waals surface area contributed by atoms with Gasteiger partial charge in [0.05, 0.1) is 5.56 Å². The molecule has 0 unspecified atom stereocenters. The van der Waals surface area contributed by atoms with Crippen molar-refractivity contribution in [1.82, 2.24) is 4.98 Å². The van der Waals surface area contributed by atoms with E-state index in [9.17, 15) is 4.79 Å². The number of carbonyl (C=O) groups excluding carboxylic acids is 1. The minimum Gasteiger partial charge on any atom is -0.471 e. The van der Waals surface area contributed by atoms with E-state index in [2.05, 4.69) is 4.98 Å².